The molecule has 25 heavy (non-hydrogen) atoms. The Morgan fingerprint density at radius 1 is 1.28 bits per heavy atom. The average Bonchev–Trinajstić information content (AvgIpc) is 2.61. The van der Waals surface area contributed by atoms with Gasteiger partial charge in [-0.2, -0.15) is 5.26 Å². The first-order chi connectivity index (χ1) is 12.0. The Balaban J connectivity index is 1.90. The first kappa shape index (κ1) is 16.9. The van der Waals surface area contributed by atoms with Crippen LogP contribution >= 0.6 is 0 Å². The van der Waals surface area contributed by atoms with Crippen LogP contribution in [-0.4, -0.2) is 24.1 Å². The molecule has 0 N–H and O–H groups in total. The number of nitriles is 1. The highest BCUT2D eigenvalue weighted by molar-refractivity contribution is 5.63. The minimum atomic E-state index is -0.520. The number of halogens is 1. The van der Waals surface area contributed by atoms with Crippen molar-refractivity contribution in [3.05, 3.63) is 69.5 Å². The van der Waals surface area contributed by atoms with E-state index in [1.54, 1.807) is 18.2 Å². The summed E-state index contributed by atoms with van der Waals surface area (Å²) in [5, 5.41) is 20.3. The van der Waals surface area contributed by atoms with Crippen molar-refractivity contribution in [2.75, 3.05) is 18.0 Å². The van der Waals surface area contributed by atoms with Crippen LogP contribution in [-0.2, 0) is 4.74 Å². The number of ether oxygens (including phenoxy) is 1. The summed E-state index contributed by atoms with van der Waals surface area (Å²) < 4.78 is 19.1. The lowest BCUT2D eigenvalue weighted by Gasteiger charge is -2.38. The molecule has 3 rings (SSSR count). The molecule has 2 aromatic rings. The molecule has 0 aliphatic carbocycles. The van der Waals surface area contributed by atoms with E-state index in [2.05, 4.69) is 0 Å². The second-order valence-corrected chi connectivity index (χ2v) is 5.96. The van der Waals surface area contributed by atoms with E-state index in [1.165, 1.54) is 24.3 Å². The third kappa shape index (κ3) is 3.59. The zero-order valence-corrected chi connectivity index (χ0v) is 13.6. The van der Waals surface area contributed by atoms with E-state index in [9.17, 15) is 19.8 Å². The fourth-order valence-electron chi connectivity index (χ4n) is 3.01. The van der Waals surface area contributed by atoms with Gasteiger partial charge in [0.15, 0.2) is 0 Å². The van der Waals surface area contributed by atoms with Crippen molar-refractivity contribution in [1.82, 2.24) is 0 Å². The summed E-state index contributed by atoms with van der Waals surface area (Å²) in [6.07, 6.45) is -0.378. The van der Waals surface area contributed by atoms with Crippen LogP contribution in [0.15, 0.2) is 42.5 Å². The number of hydrogen-bond donors (Lipinski definition) is 0. The maximum absolute atomic E-state index is 13.1. The van der Waals surface area contributed by atoms with Gasteiger partial charge in [0.1, 0.15) is 18.0 Å². The number of nitro benzene ring substituents is 1. The molecule has 7 heteroatoms. The summed E-state index contributed by atoms with van der Waals surface area (Å²) in [5.74, 6) is -0.313. The van der Waals surface area contributed by atoms with E-state index in [-0.39, 0.29) is 29.3 Å². The average molecular weight is 341 g/mol. The third-order valence-corrected chi connectivity index (χ3v) is 4.15. The van der Waals surface area contributed by atoms with Crippen molar-refractivity contribution in [2.45, 2.75) is 19.1 Å². The van der Waals surface area contributed by atoms with Crippen molar-refractivity contribution in [1.29, 1.82) is 5.26 Å². The normalized spacial score (nSPS) is 20.1. The van der Waals surface area contributed by atoms with E-state index < -0.39 is 4.92 Å². The quantitative estimate of drug-likeness (QED) is 0.630. The molecular weight excluding hydrogens is 325 g/mol. The smallest absolute Gasteiger partial charge is 0.270 e. The molecule has 1 aliphatic heterocycles. The second kappa shape index (κ2) is 6.87. The van der Waals surface area contributed by atoms with Gasteiger partial charge in [-0.1, -0.05) is 12.1 Å². The van der Waals surface area contributed by atoms with Gasteiger partial charge in [-0.3, -0.25) is 10.1 Å². The van der Waals surface area contributed by atoms with Gasteiger partial charge in [0, 0.05) is 25.2 Å². The van der Waals surface area contributed by atoms with Crippen molar-refractivity contribution in [2.24, 2.45) is 0 Å². The monoisotopic (exact) mass is 341 g/mol. The summed E-state index contributed by atoms with van der Waals surface area (Å²) in [6, 6.07) is 12.4. The molecule has 1 fully saturated rings. The minimum Gasteiger partial charge on any atom is -0.367 e. The molecule has 6 nitrogen and oxygen atoms in total. The fourth-order valence-corrected chi connectivity index (χ4v) is 3.01. The Morgan fingerprint density at radius 3 is 2.64 bits per heavy atom. The minimum absolute atomic E-state index is 0.106. The summed E-state index contributed by atoms with van der Waals surface area (Å²) in [5.41, 5.74) is 1.62. The molecule has 0 saturated carbocycles. The largest absolute Gasteiger partial charge is 0.367 e. The summed E-state index contributed by atoms with van der Waals surface area (Å²) in [6.45, 7) is 2.95. The van der Waals surface area contributed by atoms with Crippen LogP contribution in [0.4, 0.5) is 15.8 Å². The molecule has 0 amide bonds. The molecule has 2 atom stereocenters. The molecule has 0 spiro atoms. The number of non-ortho nitro benzene ring substituents is 1. The highest BCUT2D eigenvalue weighted by Crippen LogP contribution is 2.32. The second-order valence-electron chi connectivity index (χ2n) is 5.96. The van der Waals surface area contributed by atoms with Crippen LogP contribution in [0.3, 0.4) is 0 Å². The van der Waals surface area contributed by atoms with E-state index in [1.807, 2.05) is 17.9 Å². The van der Waals surface area contributed by atoms with Crippen LogP contribution in [0.1, 0.15) is 24.2 Å². The topological polar surface area (TPSA) is 79.4 Å². The Labute approximate surface area is 144 Å². The Hall–Kier alpha value is -2.98. The van der Waals surface area contributed by atoms with Gasteiger partial charge in [-0.05, 0) is 30.7 Å². The Kier molecular flexibility index (Phi) is 4.63. The van der Waals surface area contributed by atoms with Gasteiger partial charge in [0.2, 0.25) is 0 Å². The molecule has 0 aromatic heterocycles. The zero-order chi connectivity index (χ0) is 18.0. The maximum Gasteiger partial charge on any atom is 0.270 e. The van der Waals surface area contributed by atoms with Gasteiger partial charge in [-0.25, -0.2) is 4.39 Å². The number of nitro groups is 1. The summed E-state index contributed by atoms with van der Waals surface area (Å²) >= 11 is 0. The molecule has 128 valence electrons. The fraction of sp³-hybridized carbons (Fsp3) is 0.278. The SMILES string of the molecule is CC1CN(c2ccc([N+](=O)[O-])cc2C#N)CC(c2ccc(F)cc2)O1. The van der Waals surface area contributed by atoms with Gasteiger partial charge in [0.05, 0.1) is 22.3 Å². The molecule has 2 unspecified atom stereocenters. The van der Waals surface area contributed by atoms with Gasteiger partial charge in [-0.15, -0.1) is 0 Å². The summed E-state index contributed by atoms with van der Waals surface area (Å²) in [4.78, 5) is 12.4. The lowest BCUT2D eigenvalue weighted by Crippen LogP contribution is -2.43. The number of nitrogens with zero attached hydrogens (tertiary/aromatic N) is 3. The van der Waals surface area contributed by atoms with Crippen LogP contribution in [0.25, 0.3) is 0 Å². The van der Waals surface area contributed by atoms with Crippen LogP contribution < -0.4 is 4.90 Å². The highest BCUT2D eigenvalue weighted by Gasteiger charge is 2.28. The van der Waals surface area contributed by atoms with E-state index in [0.717, 1.165) is 5.56 Å². The first-order valence-electron chi connectivity index (χ1n) is 7.82. The van der Waals surface area contributed by atoms with Crippen LogP contribution in [0.2, 0.25) is 0 Å². The third-order valence-electron chi connectivity index (χ3n) is 4.15. The van der Waals surface area contributed by atoms with Crippen molar-refractivity contribution < 1.29 is 14.1 Å². The van der Waals surface area contributed by atoms with E-state index in [4.69, 9.17) is 4.74 Å². The van der Waals surface area contributed by atoms with Gasteiger partial charge in [0.25, 0.3) is 5.69 Å². The van der Waals surface area contributed by atoms with Gasteiger partial charge >= 0.3 is 0 Å². The van der Waals surface area contributed by atoms with Crippen LogP contribution in [0.5, 0.6) is 0 Å². The number of morpholine rings is 1. The zero-order valence-electron chi connectivity index (χ0n) is 13.6. The number of anilines is 1. The van der Waals surface area contributed by atoms with Crippen molar-refractivity contribution >= 4 is 11.4 Å². The molecule has 0 bridgehead atoms. The van der Waals surface area contributed by atoms with Gasteiger partial charge < -0.3 is 9.64 Å². The predicted octanol–water partition coefficient (Wildman–Crippen LogP) is 3.57. The molecule has 2 aromatic carbocycles. The Morgan fingerprint density at radius 2 is 2.00 bits per heavy atom. The standard InChI is InChI=1S/C18H16FN3O3/c1-12-10-21(11-18(25-12)13-2-4-15(19)5-3-13)17-7-6-16(22(23)24)8-14(17)9-20/h2-8,12,18H,10-11H2,1H3. The van der Waals surface area contributed by atoms with E-state index in [0.29, 0.717) is 18.8 Å². The summed E-state index contributed by atoms with van der Waals surface area (Å²) in [7, 11) is 0. The number of rotatable bonds is 3. The molecule has 1 aliphatic rings. The van der Waals surface area contributed by atoms with E-state index >= 15 is 0 Å². The molecule has 0 radical (unpaired) electrons. The Bertz CT molecular complexity index is 832. The van der Waals surface area contributed by atoms with Crippen molar-refractivity contribution in [3.63, 3.8) is 0 Å². The number of benzene rings is 2. The van der Waals surface area contributed by atoms with Crippen molar-refractivity contribution in [3.8, 4) is 6.07 Å². The lowest BCUT2D eigenvalue weighted by molar-refractivity contribution is -0.384. The molecule has 1 heterocycles. The predicted molar refractivity (Wildman–Crippen MR) is 89.7 cm³/mol. The van der Waals surface area contributed by atoms with Crippen LogP contribution in [0, 0.1) is 27.3 Å². The first-order valence-corrected chi connectivity index (χ1v) is 7.82. The number of hydrogen-bond acceptors (Lipinski definition) is 5. The maximum atomic E-state index is 13.1. The molecule has 1 saturated heterocycles. The highest BCUT2D eigenvalue weighted by atomic mass is 19.1. The lowest BCUT2D eigenvalue weighted by atomic mass is 10.0. The molecular formula is C18H16FN3O3.